The lowest BCUT2D eigenvalue weighted by atomic mass is 10.1. The Morgan fingerprint density at radius 2 is 1.91 bits per heavy atom. The molecule has 0 spiro atoms. The maximum atomic E-state index is 7.39. The second-order valence-electron chi connectivity index (χ2n) is 2.36. The van der Waals surface area contributed by atoms with Crippen molar-refractivity contribution in [3.63, 3.8) is 0 Å². The SMILES string of the molecule is C=C1C=C2OCOC2=CC1=N. The maximum absolute atomic E-state index is 7.39. The van der Waals surface area contributed by atoms with E-state index in [1.54, 1.807) is 12.2 Å². The van der Waals surface area contributed by atoms with Crippen LogP contribution in [0, 0.1) is 5.41 Å². The summed E-state index contributed by atoms with van der Waals surface area (Å²) in [5, 5.41) is 7.39. The number of hydrogen-bond donors (Lipinski definition) is 1. The Balaban J connectivity index is 2.44. The van der Waals surface area contributed by atoms with Crippen molar-refractivity contribution in [2.24, 2.45) is 0 Å². The highest BCUT2D eigenvalue weighted by Gasteiger charge is 2.21. The lowest BCUT2D eigenvalue weighted by Crippen LogP contribution is -2.02. The van der Waals surface area contributed by atoms with Gasteiger partial charge in [-0.05, 0) is 11.6 Å². The van der Waals surface area contributed by atoms with E-state index in [4.69, 9.17) is 14.9 Å². The van der Waals surface area contributed by atoms with E-state index in [-0.39, 0.29) is 6.79 Å². The van der Waals surface area contributed by atoms with E-state index in [1.165, 1.54) is 0 Å². The van der Waals surface area contributed by atoms with E-state index in [0.717, 1.165) is 0 Å². The molecule has 1 aliphatic carbocycles. The quantitative estimate of drug-likeness (QED) is 0.564. The molecule has 0 unspecified atom stereocenters. The van der Waals surface area contributed by atoms with Crippen LogP contribution in [-0.4, -0.2) is 12.5 Å². The molecule has 3 heteroatoms. The number of hydrogen-bond acceptors (Lipinski definition) is 3. The Labute approximate surface area is 64.1 Å². The second-order valence-corrected chi connectivity index (χ2v) is 2.36. The number of ether oxygens (including phenoxy) is 2. The molecule has 0 bridgehead atoms. The molecule has 1 heterocycles. The first-order valence-electron chi connectivity index (χ1n) is 3.24. The van der Waals surface area contributed by atoms with Crippen LogP contribution in [0.5, 0.6) is 0 Å². The summed E-state index contributed by atoms with van der Waals surface area (Å²) in [5.74, 6) is 1.33. The molecule has 3 nitrogen and oxygen atoms in total. The van der Waals surface area contributed by atoms with Gasteiger partial charge < -0.3 is 14.9 Å². The first kappa shape index (κ1) is 6.22. The highest BCUT2D eigenvalue weighted by atomic mass is 16.7. The van der Waals surface area contributed by atoms with Crippen LogP contribution in [0.15, 0.2) is 35.8 Å². The van der Waals surface area contributed by atoms with E-state index in [0.29, 0.717) is 22.8 Å². The van der Waals surface area contributed by atoms with E-state index < -0.39 is 0 Å². The van der Waals surface area contributed by atoms with Crippen LogP contribution < -0.4 is 0 Å². The fourth-order valence-electron chi connectivity index (χ4n) is 0.984. The lowest BCUT2D eigenvalue weighted by Gasteiger charge is -2.06. The van der Waals surface area contributed by atoms with Crippen LogP contribution in [0.1, 0.15) is 0 Å². The molecule has 0 saturated carbocycles. The molecule has 1 saturated heterocycles. The van der Waals surface area contributed by atoms with Crippen LogP contribution in [0.3, 0.4) is 0 Å². The molecule has 0 aromatic rings. The minimum atomic E-state index is 0.248. The number of nitrogens with one attached hydrogen (secondary N) is 1. The molecule has 0 aromatic carbocycles. The smallest absolute Gasteiger partial charge is 0.231 e. The van der Waals surface area contributed by atoms with Gasteiger partial charge in [0.2, 0.25) is 6.79 Å². The van der Waals surface area contributed by atoms with Gasteiger partial charge in [0.15, 0.2) is 11.5 Å². The van der Waals surface area contributed by atoms with Gasteiger partial charge in [-0.2, -0.15) is 0 Å². The minimum Gasteiger partial charge on any atom is -0.454 e. The van der Waals surface area contributed by atoms with Crippen LogP contribution in [0.25, 0.3) is 0 Å². The van der Waals surface area contributed by atoms with Crippen LogP contribution in [0.2, 0.25) is 0 Å². The monoisotopic (exact) mass is 149 g/mol. The fourth-order valence-corrected chi connectivity index (χ4v) is 0.984. The van der Waals surface area contributed by atoms with E-state index in [1.807, 2.05) is 0 Å². The molecule has 1 N–H and O–H groups in total. The molecule has 0 radical (unpaired) electrons. The Morgan fingerprint density at radius 3 is 2.64 bits per heavy atom. The summed E-state index contributed by atoms with van der Waals surface area (Å²) in [6.07, 6.45) is 3.33. The summed E-state index contributed by atoms with van der Waals surface area (Å²) in [7, 11) is 0. The van der Waals surface area contributed by atoms with Gasteiger partial charge in [0.25, 0.3) is 0 Å². The van der Waals surface area contributed by atoms with Crippen molar-refractivity contribution >= 4 is 5.71 Å². The zero-order chi connectivity index (χ0) is 7.84. The first-order chi connectivity index (χ1) is 5.27. The molecule has 11 heavy (non-hydrogen) atoms. The third-order valence-electron chi connectivity index (χ3n) is 1.60. The molecule has 56 valence electrons. The normalized spacial score (nSPS) is 21.5. The highest BCUT2D eigenvalue weighted by Crippen LogP contribution is 2.26. The molecular formula is C8H7NO2. The van der Waals surface area contributed by atoms with Crippen LogP contribution in [0.4, 0.5) is 0 Å². The van der Waals surface area contributed by atoms with Crippen molar-refractivity contribution in [2.45, 2.75) is 0 Å². The van der Waals surface area contributed by atoms with Gasteiger partial charge in [-0.25, -0.2) is 0 Å². The van der Waals surface area contributed by atoms with E-state index in [2.05, 4.69) is 6.58 Å². The Morgan fingerprint density at radius 1 is 1.27 bits per heavy atom. The molecule has 2 aliphatic rings. The zero-order valence-corrected chi connectivity index (χ0v) is 5.89. The number of rotatable bonds is 0. The van der Waals surface area contributed by atoms with Crippen molar-refractivity contribution in [3.05, 3.63) is 35.8 Å². The van der Waals surface area contributed by atoms with Crippen molar-refractivity contribution < 1.29 is 9.47 Å². The minimum absolute atomic E-state index is 0.248. The molecule has 0 amide bonds. The fraction of sp³-hybridized carbons (Fsp3) is 0.125. The topological polar surface area (TPSA) is 42.3 Å². The predicted octanol–water partition coefficient (Wildman–Crippen LogP) is 1.35. The van der Waals surface area contributed by atoms with Gasteiger partial charge in [-0.1, -0.05) is 6.58 Å². The third kappa shape index (κ3) is 0.852. The van der Waals surface area contributed by atoms with Gasteiger partial charge in [-0.15, -0.1) is 0 Å². The summed E-state index contributed by atoms with van der Waals surface area (Å²) in [6.45, 7) is 3.92. The second kappa shape index (κ2) is 1.99. The van der Waals surface area contributed by atoms with Gasteiger partial charge >= 0.3 is 0 Å². The maximum Gasteiger partial charge on any atom is 0.231 e. The number of allylic oxidation sites excluding steroid dienone is 3. The molecule has 0 aromatic heterocycles. The van der Waals surface area contributed by atoms with Gasteiger partial charge in [0.1, 0.15) is 0 Å². The van der Waals surface area contributed by atoms with Crippen LogP contribution in [-0.2, 0) is 9.47 Å². The Hall–Kier alpha value is -1.51. The zero-order valence-electron chi connectivity index (χ0n) is 5.89. The summed E-state index contributed by atoms with van der Waals surface area (Å²) >= 11 is 0. The highest BCUT2D eigenvalue weighted by molar-refractivity contribution is 6.09. The summed E-state index contributed by atoms with van der Waals surface area (Å²) in [4.78, 5) is 0. The van der Waals surface area contributed by atoms with Gasteiger partial charge in [0.05, 0.1) is 5.71 Å². The summed E-state index contributed by atoms with van der Waals surface area (Å²) < 4.78 is 10.2. The average Bonchev–Trinajstić information content (AvgIpc) is 2.36. The molecular weight excluding hydrogens is 142 g/mol. The number of fused-ring (bicyclic) bond motifs is 1. The van der Waals surface area contributed by atoms with Crippen molar-refractivity contribution in [1.82, 2.24) is 0 Å². The predicted molar refractivity (Wildman–Crippen MR) is 40.1 cm³/mol. The molecule has 1 fully saturated rings. The Kier molecular flexibility index (Phi) is 1.12. The van der Waals surface area contributed by atoms with Crippen molar-refractivity contribution in [1.29, 1.82) is 5.41 Å². The standard InChI is InChI=1S/C8H7NO2/c1-5-2-7-8(3-6(5)9)11-4-10-7/h2-3,9H,1,4H2. The molecule has 1 aliphatic heterocycles. The van der Waals surface area contributed by atoms with Gasteiger partial charge in [0, 0.05) is 6.08 Å². The summed E-state index contributed by atoms with van der Waals surface area (Å²) in [6, 6.07) is 0. The van der Waals surface area contributed by atoms with Gasteiger partial charge in [-0.3, -0.25) is 0 Å². The first-order valence-corrected chi connectivity index (χ1v) is 3.24. The van der Waals surface area contributed by atoms with Crippen LogP contribution >= 0.6 is 0 Å². The Bertz CT molecular complexity index is 269. The lowest BCUT2D eigenvalue weighted by molar-refractivity contribution is 0.0979. The molecule has 2 rings (SSSR count). The largest absolute Gasteiger partial charge is 0.454 e. The van der Waals surface area contributed by atoms with Crippen molar-refractivity contribution in [2.75, 3.05) is 6.79 Å². The van der Waals surface area contributed by atoms with Crippen molar-refractivity contribution in [3.8, 4) is 0 Å². The molecule has 0 atom stereocenters. The third-order valence-corrected chi connectivity index (χ3v) is 1.60. The van der Waals surface area contributed by atoms with E-state index >= 15 is 0 Å². The van der Waals surface area contributed by atoms with E-state index in [9.17, 15) is 0 Å². The summed E-state index contributed by atoms with van der Waals surface area (Å²) in [5.41, 5.74) is 1.04. The average molecular weight is 149 g/mol.